The van der Waals surface area contributed by atoms with Gasteiger partial charge in [-0.3, -0.25) is 10.2 Å². The standard InChI is InChI=1S/C16H20N2O3/c1-2-3-4-12-5-7-13(8-6-12)20-11-14-9-10-15(21-14)16(19)18-17/h5-10H,2-4,11,17H2,1H3,(H,18,19). The van der Waals surface area contributed by atoms with Crippen LogP contribution in [-0.4, -0.2) is 5.91 Å². The number of carbonyl (C=O) groups excluding carboxylic acids is 1. The van der Waals surface area contributed by atoms with E-state index < -0.39 is 5.91 Å². The fourth-order valence-electron chi connectivity index (χ4n) is 1.94. The van der Waals surface area contributed by atoms with Crippen molar-refractivity contribution in [1.29, 1.82) is 0 Å². The quantitative estimate of drug-likeness (QED) is 0.466. The van der Waals surface area contributed by atoms with Gasteiger partial charge in [-0.1, -0.05) is 25.5 Å². The molecule has 1 aromatic carbocycles. The third-order valence-corrected chi connectivity index (χ3v) is 3.14. The van der Waals surface area contributed by atoms with Gasteiger partial charge >= 0.3 is 5.91 Å². The second-order valence-corrected chi connectivity index (χ2v) is 4.78. The van der Waals surface area contributed by atoms with Crippen molar-refractivity contribution in [3.8, 4) is 5.75 Å². The zero-order valence-electron chi connectivity index (χ0n) is 12.1. The smallest absolute Gasteiger partial charge is 0.300 e. The fraction of sp³-hybridized carbons (Fsp3) is 0.312. The molecule has 2 aromatic rings. The molecule has 21 heavy (non-hydrogen) atoms. The maximum atomic E-state index is 11.3. The average molecular weight is 288 g/mol. The van der Waals surface area contributed by atoms with Gasteiger partial charge in [-0.05, 0) is 42.7 Å². The molecule has 2 rings (SSSR count). The maximum absolute atomic E-state index is 11.3. The molecule has 0 bridgehead atoms. The molecule has 0 spiro atoms. The largest absolute Gasteiger partial charge is 0.486 e. The van der Waals surface area contributed by atoms with Crippen LogP contribution in [0.3, 0.4) is 0 Å². The Morgan fingerprint density at radius 1 is 1.24 bits per heavy atom. The lowest BCUT2D eigenvalue weighted by molar-refractivity contribution is 0.0922. The van der Waals surface area contributed by atoms with E-state index in [1.54, 1.807) is 12.1 Å². The van der Waals surface area contributed by atoms with Crippen molar-refractivity contribution in [3.05, 3.63) is 53.5 Å². The third-order valence-electron chi connectivity index (χ3n) is 3.14. The van der Waals surface area contributed by atoms with E-state index in [9.17, 15) is 4.79 Å². The van der Waals surface area contributed by atoms with E-state index >= 15 is 0 Å². The summed E-state index contributed by atoms with van der Waals surface area (Å²) in [5.74, 6) is 6.10. The number of rotatable bonds is 7. The van der Waals surface area contributed by atoms with Crippen LogP contribution in [0.25, 0.3) is 0 Å². The SMILES string of the molecule is CCCCc1ccc(OCc2ccc(C(=O)NN)o2)cc1. The number of carbonyl (C=O) groups is 1. The Balaban J connectivity index is 1.87. The van der Waals surface area contributed by atoms with Gasteiger partial charge in [0.05, 0.1) is 0 Å². The molecule has 1 heterocycles. The second kappa shape index (κ2) is 7.50. The molecule has 0 saturated heterocycles. The summed E-state index contributed by atoms with van der Waals surface area (Å²) in [6.45, 7) is 2.45. The van der Waals surface area contributed by atoms with Crippen molar-refractivity contribution in [1.82, 2.24) is 5.43 Å². The first-order valence-corrected chi connectivity index (χ1v) is 7.04. The molecule has 3 N–H and O–H groups in total. The van der Waals surface area contributed by atoms with Crippen molar-refractivity contribution >= 4 is 5.91 Å². The first-order valence-electron chi connectivity index (χ1n) is 7.04. The van der Waals surface area contributed by atoms with Crippen LogP contribution in [0.15, 0.2) is 40.8 Å². The first kappa shape index (κ1) is 15.1. The molecule has 1 aromatic heterocycles. The lowest BCUT2D eigenvalue weighted by atomic mass is 10.1. The number of furan rings is 1. The minimum absolute atomic E-state index is 0.172. The number of hydrazine groups is 1. The van der Waals surface area contributed by atoms with Crippen LogP contribution in [0.1, 0.15) is 41.6 Å². The highest BCUT2D eigenvalue weighted by molar-refractivity contribution is 5.90. The summed E-state index contributed by atoms with van der Waals surface area (Å²) in [7, 11) is 0. The molecular weight excluding hydrogens is 268 g/mol. The minimum Gasteiger partial charge on any atom is -0.486 e. The number of benzene rings is 1. The van der Waals surface area contributed by atoms with E-state index in [1.165, 1.54) is 18.4 Å². The van der Waals surface area contributed by atoms with Crippen LogP contribution < -0.4 is 16.0 Å². The number of hydrogen-bond acceptors (Lipinski definition) is 4. The number of aryl methyl sites for hydroxylation is 1. The summed E-state index contributed by atoms with van der Waals surface area (Å²) in [6, 6.07) is 11.3. The molecule has 1 amide bonds. The van der Waals surface area contributed by atoms with Crippen molar-refractivity contribution in [2.75, 3.05) is 0 Å². The van der Waals surface area contributed by atoms with Crippen LogP contribution in [0, 0.1) is 0 Å². The van der Waals surface area contributed by atoms with Gasteiger partial charge in [-0.2, -0.15) is 0 Å². The molecule has 0 aliphatic heterocycles. The van der Waals surface area contributed by atoms with E-state index in [2.05, 4.69) is 19.1 Å². The van der Waals surface area contributed by atoms with Gasteiger partial charge in [0.25, 0.3) is 0 Å². The van der Waals surface area contributed by atoms with Crippen molar-refractivity contribution in [3.63, 3.8) is 0 Å². The second-order valence-electron chi connectivity index (χ2n) is 4.78. The summed E-state index contributed by atoms with van der Waals surface area (Å²) in [4.78, 5) is 11.3. The molecule has 0 aliphatic rings. The van der Waals surface area contributed by atoms with E-state index in [4.69, 9.17) is 15.0 Å². The van der Waals surface area contributed by atoms with Crippen LogP contribution in [0.5, 0.6) is 5.75 Å². The van der Waals surface area contributed by atoms with Crippen LogP contribution in [0.2, 0.25) is 0 Å². The number of nitrogens with one attached hydrogen (secondary N) is 1. The van der Waals surface area contributed by atoms with E-state index in [1.807, 2.05) is 17.6 Å². The fourth-order valence-corrected chi connectivity index (χ4v) is 1.94. The number of ether oxygens (including phenoxy) is 1. The molecule has 5 heteroatoms. The Hall–Kier alpha value is -2.27. The maximum Gasteiger partial charge on any atom is 0.300 e. The van der Waals surface area contributed by atoms with E-state index in [0.717, 1.165) is 12.2 Å². The molecule has 0 saturated carbocycles. The summed E-state index contributed by atoms with van der Waals surface area (Å²) in [5, 5.41) is 0. The molecule has 0 aliphatic carbocycles. The summed E-state index contributed by atoms with van der Waals surface area (Å²) in [6.07, 6.45) is 3.47. The summed E-state index contributed by atoms with van der Waals surface area (Å²) < 4.78 is 10.9. The Morgan fingerprint density at radius 3 is 2.67 bits per heavy atom. The van der Waals surface area contributed by atoms with Gasteiger partial charge in [-0.15, -0.1) is 0 Å². The summed E-state index contributed by atoms with van der Waals surface area (Å²) in [5.41, 5.74) is 3.33. The zero-order valence-corrected chi connectivity index (χ0v) is 12.1. The number of unbranched alkanes of at least 4 members (excludes halogenated alkanes) is 1. The lowest BCUT2D eigenvalue weighted by Gasteiger charge is -2.05. The van der Waals surface area contributed by atoms with Crippen molar-refractivity contribution in [2.24, 2.45) is 5.84 Å². The lowest BCUT2D eigenvalue weighted by Crippen LogP contribution is -2.29. The highest BCUT2D eigenvalue weighted by Crippen LogP contribution is 2.16. The normalized spacial score (nSPS) is 10.4. The van der Waals surface area contributed by atoms with Gasteiger partial charge in [0.2, 0.25) is 0 Å². The van der Waals surface area contributed by atoms with Crippen molar-refractivity contribution in [2.45, 2.75) is 32.8 Å². The van der Waals surface area contributed by atoms with Gasteiger partial charge in [0.1, 0.15) is 18.1 Å². The molecule has 112 valence electrons. The molecule has 5 nitrogen and oxygen atoms in total. The number of amides is 1. The highest BCUT2D eigenvalue weighted by atomic mass is 16.5. The molecule has 0 fully saturated rings. The molecule has 0 radical (unpaired) electrons. The predicted molar refractivity (Wildman–Crippen MR) is 79.7 cm³/mol. The highest BCUT2D eigenvalue weighted by Gasteiger charge is 2.09. The number of nitrogens with two attached hydrogens (primary N) is 1. The topological polar surface area (TPSA) is 77.5 Å². The van der Waals surface area contributed by atoms with Crippen LogP contribution in [0.4, 0.5) is 0 Å². The van der Waals surface area contributed by atoms with Crippen molar-refractivity contribution < 1.29 is 13.9 Å². The minimum atomic E-state index is -0.457. The van der Waals surface area contributed by atoms with E-state index in [0.29, 0.717) is 5.76 Å². The zero-order chi connectivity index (χ0) is 15.1. The van der Waals surface area contributed by atoms with Gasteiger partial charge in [0, 0.05) is 0 Å². The third kappa shape index (κ3) is 4.36. The Morgan fingerprint density at radius 2 is 2.00 bits per heavy atom. The van der Waals surface area contributed by atoms with E-state index in [-0.39, 0.29) is 12.4 Å². The molecule has 0 unspecified atom stereocenters. The van der Waals surface area contributed by atoms with Crippen LogP contribution in [-0.2, 0) is 13.0 Å². The molecule has 0 atom stereocenters. The monoisotopic (exact) mass is 288 g/mol. The number of hydrogen-bond donors (Lipinski definition) is 2. The average Bonchev–Trinajstić information content (AvgIpc) is 3.00. The first-order chi connectivity index (χ1) is 10.2. The Bertz CT molecular complexity index is 575. The van der Waals surface area contributed by atoms with Gasteiger partial charge in [0.15, 0.2) is 5.76 Å². The Kier molecular flexibility index (Phi) is 5.40. The summed E-state index contributed by atoms with van der Waals surface area (Å²) >= 11 is 0. The Labute approximate surface area is 124 Å². The number of nitrogen functional groups attached to an aromatic ring is 1. The predicted octanol–water partition coefficient (Wildman–Crippen LogP) is 2.80. The van der Waals surface area contributed by atoms with Gasteiger partial charge < -0.3 is 9.15 Å². The van der Waals surface area contributed by atoms with Crippen LogP contribution >= 0.6 is 0 Å². The molecular formula is C16H20N2O3. The van der Waals surface area contributed by atoms with Gasteiger partial charge in [-0.25, -0.2) is 5.84 Å².